The number of carbonyl (C=O) groups excluding carboxylic acids is 1. The first-order valence-corrected chi connectivity index (χ1v) is 8.47. The Morgan fingerprint density at radius 2 is 2.14 bits per heavy atom. The molecular formula is C17H20N2O2S. The summed E-state index contributed by atoms with van der Waals surface area (Å²) in [5.41, 5.74) is 1.18. The molecular weight excluding hydrogens is 296 g/mol. The summed E-state index contributed by atoms with van der Waals surface area (Å²) in [5.74, 6) is 0.814. The van der Waals surface area contributed by atoms with Crippen LogP contribution in [0.3, 0.4) is 0 Å². The van der Waals surface area contributed by atoms with Crippen LogP contribution in [0, 0.1) is 6.92 Å². The molecule has 5 heteroatoms. The van der Waals surface area contributed by atoms with Crippen LogP contribution in [0.25, 0.3) is 0 Å². The molecule has 116 valence electrons. The number of benzene rings is 1. The van der Waals surface area contributed by atoms with Crippen molar-refractivity contribution >= 4 is 17.2 Å². The van der Waals surface area contributed by atoms with Crippen LogP contribution in [0.1, 0.15) is 23.4 Å². The summed E-state index contributed by atoms with van der Waals surface area (Å²) in [5, 5.41) is 3.05. The molecule has 0 spiro atoms. The van der Waals surface area contributed by atoms with E-state index in [9.17, 15) is 4.79 Å². The molecule has 1 aliphatic carbocycles. The van der Waals surface area contributed by atoms with Gasteiger partial charge in [0.25, 0.3) is 5.91 Å². The Morgan fingerprint density at radius 3 is 2.77 bits per heavy atom. The molecule has 0 aliphatic heterocycles. The fourth-order valence-electron chi connectivity index (χ4n) is 2.35. The molecule has 0 N–H and O–H groups in total. The summed E-state index contributed by atoms with van der Waals surface area (Å²) in [6, 6.07) is 8.18. The second kappa shape index (κ2) is 6.92. The number of aryl methyl sites for hydroxylation is 1. The van der Waals surface area contributed by atoms with E-state index >= 15 is 0 Å². The zero-order chi connectivity index (χ0) is 15.4. The number of hydrogen-bond acceptors (Lipinski definition) is 4. The normalized spacial score (nSPS) is 13.9. The molecule has 1 amide bonds. The number of ether oxygens (including phenoxy) is 1. The lowest BCUT2D eigenvalue weighted by Crippen LogP contribution is -2.38. The number of aromatic nitrogens is 1. The number of amides is 1. The van der Waals surface area contributed by atoms with Gasteiger partial charge < -0.3 is 9.64 Å². The van der Waals surface area contributed by atoms with Crippen molar-refractivity contribution in [2.45, 2.75) is 32.2 Å². The summed E-state index contributed by atoms with van der Waals surface area (Å²) >= 11 is 1.64. The van der Waals surface area contributed by atoms with E-state index in [1.807, 2.05) is 47.7 Å². The number of hydrogen-bond donors (Lipinski definition) is 0. The maximum absolute atomic E-state index is 12.4. The Morgan fingerprint density at radius 1 is 1.36 bits per heavy atom. The van der Waals surface area contributed by atoms with Crippen molar-refractivity contribution in [2.24, 2.45) is 0 Å². The van der Waals surface area contributed by atoms with Gasteiger partial charge in [-0.25, -0.2) is 4.98 Å². The fraction of sp³-hybridized carbons (Fsp3) is 0.412. The van der Waals surface area contributed by atoms with E-state index in [4.69, 9.17) is 4.74 Å². The number of nitrogens with zero attached hydrogens (tertiary/aromatic N) is 2. The van der Waals surface area contributed by atoms with E-state index in [1.54, 1.807) is 11.3 Å². The summed E-state index contributed by atoms with van der Waals surface area (Å²) in [6.45, 7) is 2.87. The minimum atomic E-state index is 0.0691. The van der Waals surface area contributed by atoms with Gasteiger partial charge in [-0.05, 0) is 31.9 Å². The highest BCUT2D eigenvalue weighted by Gasteiger charge is 2.32. The highest BCUT2D eigenvalue weighted by atomic mass is 32.1. The van der Waals surface area contributed by atoms with Crippen LogP contribution in [-0.4, -0.2) is 35.0 Å². The molecule has 0 bridgehead atoms. The van der Waals surface area contributed by atoms with E-state index in [1.165, 1.54) is 5.56 Å². The monoisotopic (exact) mass is 316 g/mol. The molecule has 22 heavy (non-hydrogen) atoms. The topological polar surface area (TPSA) is 42.4 Å². The zero-order valence-corrected chi connectivity index (χ0v) is 13.5. The summed E-state index contributed by atoms with van der Waals surface area (Å²) in [6.07, 6.45) is 4.84. The minimum absolute atomic E-state index is 0.0691. The smallest absolute Gasteiger partial charge is 0.260 e. The summed E-state index contributed by atoms with van der Waals surface area (Å²) in [4.78, 5) is 18.6. The van der Waals surface area contributed by atoms with Crippen LogP contribution in [-0.2, 0) is 11.2 Å². The van der Waals surface area contributed by atoms with Crippen LogP contribution < -0.4 is 4.74 Å². The van der Waals surface area contributed by atoms with Gasteiger partial charge in [0, 0.05) is 30.6 Å². The molecule has 0 atom stereocenters. The van der Waals surface area contributed by atoms with Gasteiger partial charge in [0.1, 0.15) is 5.75 Å². The largest absolute Gasteiger partial charge is 0.484 e. The Labute approximate surface area is 134 Å². The van der Waals surface area contributed by atoms with Crippen LogP contribution in [0.5, 0.6) is 5.75 Å². The molecule has 0 radical (unpaired) electrons. The maximum atomic E-state index is 12.4. The predicted octanol–water partition coefficient (Wildman–Crippen LogP) is 3.06. The van der Waals surface area contributed by atoms with Gasteiger partial charge in [0.2, 0.25) is 0 Å². The summed E-state index contributed by atoms with van der Waals surface area (Å²) in [7, 11) is 0. The van der Waals surface area contributed by atoms with Gasteiger partial charge in [0.15, 0.2) is 6.61 Å². The molecule has 3 rings (SSSR count). The fourth-order valence-corrected chi connectivity index (χ4v) is 2.96. The predicted molar refractivity (Wildman–Crippen MR) is 87.2 cm³/mol. The van der Waals surface area contributed by atoms with Crippen molar-refractivity contribution in [3.8, 4) is 5.75 Å². The van der Waals surface area contributed by atoms with Gasteiger partial charge in [-0.1, -0.05) is 17.7 Å². The molecule has 1 heterocycles. The third-order valence-electron chi connectivity index (χ3n) is 3.74. The van der Waals surface area contributed by atoms with Crippen LogP contribution in [0.2, 0.25) is 0 Å². The molecule has 1 saturated carbocycles. The van der Waals surface area contributed by atoms with Gasteiger partial charge in [0.05, 0.1) is 5.01 Å². The highest BCUT2D eigenvalue weighted by molar-refractivity contribution is 7.09. The Bertz CT molecular complexity index is 606. The molecule has 2 aromatic rings. The quantitative estimate of drug-likeness (QED) is 0.788. The Kier molecular flexibility index (Phi) is 4.73. The van der Waals surface area contributed by atoms with Crippen molar-refractivity contribution in [3.05, 3.63) is 46.4 Å². The van der Waals surface area contributed by atoms with E-state index in [0.29, 0.717) is 6.04 Å². The van der Waals surface area contributed by atoms with Crippen molar-refractivity contribution in [2.75, 3.05) is 13.2 Å². The SMILES string of the molecule is Cc1ccc(OCC(=O)N(CCc2nccs2)C2CC2)cc1. The van der Waals surface area contributed by atoms with Crippen LogP contribution in [0.15, 0.2) is 35.8 Å². The molecule has 4 nitrogen and oxygen atoms in total. The third kappa shape index (κ3) is 4.07. The van der Waals surface area contributed by atoms with Crippen molar-refractivity contribution < 1.29 is 9.53 Å². The first-order chi connectivity index (χ1) is 10.7. The summed E-state index contributed by atoms with van der Waals surface area (Å²) < 4.78 is 5.61. The molecule has 0 saturated heterocycles. The van der Waals surface area contributed by atoms with Gasteiger partial charge in [-0.15, -0.1) is 11.3 Å². The van der Waals surface area contributed by atoms with Crippen molar-refractivity contribution in [3.63, 3.8) is 0 Å². The zero-order valence-electron chi connectivity index (χ0n) is 12.7. The average molecular weight is 316 g/mol. The third-order valence-corrected chi connectivity index (χ3v) is 4.58. The van der Waals surface area contributed by atoms with E-state index in [-0.39, 0.29) is 12.5 Å². The molecule has 1 aromatic heterocycles. The lowest BCUT2D eigenvalue weighted by atomic mass is 10.2. The average Bonchev–Trinajstić information content (AvgIpc) is 3.22. The van der Waals surface area contributed by atoms with Crippen molar-refractivity contribution in [1.29, 1.82) is 0 Å². The van der Waals surface area contributed by atoms with Crippen molar-refractivity contribution in [1.82, 2.24) is 9.88 Å². The molecule has 0 unspecified atom stereocenters. The van der Waals surface area contributed by atoms with Gasteiger partial charge in [-0.2, -0.15) is 0 Å². The first-order valence-electron chi connectivity index (χ1n) is 7.59. The first kappa shape index (κ1) is 15.0. The number of carbonyl (C=O) groups is 1. The van der Waals surface area contributed by atoms with Gasteiger partial charge >= 0.3 is 0 Å². The van der Waals surface area contributed by atoms with E-state index in [2.05, 4.69) is 4.98 Å². The molecule has 1 fully saturated rings. The molecule has 1 aliphatic rings. The number of thiazole rings is 1. The Balaban J connectivity index is 1.52. The number of rotatable bonds is 7. The lowest BCUT2D eigenvalue weighted by Gasteiger charge is -2.22. The maximum Gasteiger partial charge on any atom is 0.260 e. The van der Waals surface area contributed by atoms with E-state index < -0.39 is 0 Å². The lowest BCUT2D eigenvalue weighted by molar-refractivity contribution is -0.133. The second-order valence-corrected chi connectivity index (χ2v) is 6.57. The van der Waals surface area contributed by atoms with Crippen LogP contribution >= 0.6 is 11.3 Å². The van der Waals surface area contributed by atoms with E-state index in [0.717, 1.165) is 36.6 Å². The second-order valence-electron chi connectivity index (χ2n) is 5.60. The standard InChI is InChI=1S/C17H20N2O2S/c1-13-2-6-15(7-3-13)21-12-17(20)19(14-4-5-14)10-8-16-18-9-11-22-16/h2-3,6-7,9,11,14H,4-5,8,10,12H2,1H3. The van der Waals surface area contributed by atoms with Crippen LogP contribution in [0.4, 0.5) is 0 Å². The van der Waals surface area contributed by atoms with Gasteiger partial charge in [-0.3, -0.25) is 4.79 Å². The molecule has 1 aromatic carbocycles. The Hall–Kier alpha value is -1.88. The highest BCUT2D eigenvalue weighted by Crippen LogP contribution is 2.27. The minimum Gasteiger partial charge on any atom is -0.484 e.